The number of nitrogens with one attached hydrogen (secondary N) is 2. The van der Waals surface area contributed by atoms with E-state index in [1.165, 1.54) is 24.2 Å². The van der Waals surface area contributed by atoms with Gasteiger partial charge in [-0.15, -0.1) is 11.3 Å². The lowest BCUT2D eigenvalue weighted by atomic mass is 10.2. The highest BCUT2D eigenvalue weighted by molar-refractivity contribution is 7.13. The number of thiazole rings is 1. The molecule has 2 aromatic carbocycles. The summed E-state index contributed by atoms with van der Waals surface area (Å²) in [6.07, 6.45) is 4.07. The average Bonchev–Trinajstić information content (AvgIpc) is 3.33. The van der Waals surface area contributed by atoms with Crippen molar-refractivity contribution in [3.63, 3.8) is 0 Å². The number of amides is 1. The largest absolute Gasteiger partial charge is 0.355 e. The number of carbonyl (C=O) groups excluding carboxylic acids is 1. The number of carbonyl (C=O) groups is 1. The van der Waals surface area contributed by atoms with Crippen molar-refractivity contribution < 1.29 is 4.79 Å². The van der Waals surface area contributed by atoms with Gasteiger partial charge in [-0.2, -0.15) is 0 Å². The molecule has 1 saturated carbocycles. The molecule has 1 heterocycles. The molecule has 0 unspecified atom stereocenters. The van der Waals surface area contributed by atoms with Crippen molar-refractivity contribution in [2.75, 3.05) is 10.6 Å². The smallest absolute Gasteiger partial charge is 0.267 e. The second kappa shape index (κ2) is 6.45. The predicted molar refractivity (Wildman–Crippen MR) is 98.2 cm³/mol. The van der Waals surface area contributed by atoms with Gasteiger partial charge in [0.1, 0.15) is 4.88 Å². The Morgan fingerprint density at radius 3 is 2.54 bits per heavy atom. The van der Waals surface area contributed by atoms with Crippen LogP contribution in [0.3, 0.4) is 0 Å². The Bertz CT molecular complexity index is 856. The van der Waals surface area contributed by atoms with Crippen molar-refractivity contribution in [1.82, 2.24) is 4.98 Å². The molecule has 3 aromatic rings. The lowest BCUT2D eigenvalue weighted by molar-refractivity contribution is 0.103. The molecule has 1 aliphatic rings. The normalized spacial score (nSPS) is 13.5. The van der Waals surface area contributed by atoms with Crippen molar-refractivity contribution in [2.45, 2.75) is 18.8 Å². The van der Waals surface area contributed by atoms with E-state index in [0.29, 0.717) is 10.8 Å². The molecule has 4 nitrogen and oxygen atoms in total. The first-order valence-corrected chi connectivity index (χ1v) is 8.79. The fraction of sp³-hybridized carbons (Fsp3) is 0.158. The van der Waals surface area contributed by atoms with Gasteiger partial charge in [0.15, 0.2) is 0 Å². The summed E-state index contributed by atoms with van der Waals surface area (Å²) in [5.41, 5.74) is 2.71. The van der Waals surface area contributed by atoms with Crippen LogP contribution in [0.1, 0.15) is 33.4 Å². The van der Waals surface area contributed by atoms with Crippen molar-refractivity contribution >= 4 is 34.3 Å². The molecule has 0 saturated heterocycles. The highest BCUT2D eigenvalue weighted by Gasteiger charge is 2.27. The lowest BCUT2D eigenvalue weighted by Gasteiger charge is -2.09. The summed E-state index contributed by atoms with van der Waals surface area (Å²) in [5, 5.41) is 7.36. The molecule has 5 heteroatoms. The first kappa shape index (κ1) is 14.9. The first-order valence-electron chi connectivity index (χ1n) is 7.97. The molecule has 0 spiro atoms. The van der Waals surface area contributed by atoms with E-state index < -0.39 is 0 Å². The minimum Gasteiger partial charge on any atom is -0.355 e. The zero-order valence-corrected chi connectivity index (χ0v) is 13.8. The molecule has 2 N–H and O–H groups in total. The summed E-state index contributed by atoms with van der Waals surface area (Å²) in [7, 11) is 0. The van der Waals surface area contributed by atoms with Crippen molar-refractivity contribution in [3.8, 4) is 0 Å². The van der Waals surface area contributed by atoms with Gasteiger partial charge in [0.05, 0.1) is 11.2 Å². The Morgan fingerprint density at radius 1 is 1.00 bits per heavy atom. The predicted octanol–water partition coefficient (Wildman–Crippen LogP) is 5.02. The number of aromatic nitrogens is 1. The fourth-order valence-electron chi connectivity index (χ4n) is 2.47. The van der Waals surface area contributed by atoms with Gasteiger partial charge in [-0.05, 0) is 43.2 Å². The summed E-state index contributed by atoms with van der Waals surface area (Å²) in [6.45, 7) is 0. The van der Waals surface area contributed by atoms with E-state index in [1.807, 2.05) is 54.6 Å². The van der Waals surface area contributed by atoms with Crippen LogP contribution in [0.25, 0.3) is 0 Å². The van der Waals surface area contributed by atoms with Gasteiger partial charge >= 0.3 is 0 Å². The van der Waals surface area contributed by atoms with Gasteiger partial charge in [-0.1, -0.05) is 24.3 Å². The van der Waals surface area contributed by atoms with Gasteiger partial charge in [-0.3, -0.25) is 4.79 Å². The number of hydrogen-bond acceptors (Lipinski definition) is 4. The van der Waals surface area contributed by atoms with Gasteiger partial charge in [0.25, 0.3) is 5.91 Å². The SMILES string of the molecule is O=C(Nc1cccc(Nc2ccccc2)c1)c1cnc(C2CC2)s1. The third-order valence-corrected chi connectivity index (χ3v) is 5.02. The molecule has 120 valence electrons. The monoisotopic (exact) mass is 335 g/mol. The zero-order chi connectivity index (χ0) is 16.4. The van der Waals surface area contributed by atoms with E-state index in [0.717, 1.165) is 22.1 Å². The number of nitrogens with zero attached hydrogens (tertiary/aromatic N) is 1. The van der Waals surface area contributed by atoms with E-state index in [2.05, 4.69) is 15.6 Å². The van der Waals surface area contributed by atoms with E-state index in [-0.39, 0.29) is 5.91 Å². The molecule has 1 amide bonds. The van der Waals surface area contributed by atoms with E-state index in [9.17, 15) is 4.79 Å². The second-order valence-electron chi connectivity index (χ2n) is 5.86. The highest BCUT2D eigenvalue weighted by Crippen LogP contribution is 2.41. The van der Waals surface area contributed by atoms with Gasteiger partial charge in [0, 0.05) is 23.0 Å². The zero-order valence-electron chi connectivity index (χ0n) is 13.0. The highest BCUT2D eigenvalue weighted by atomic mass is 32.1. The molecule has 4 rings (SSSR count). The van der Waals surface area contributed by atoms with Crippen molar-refractivity contribution in [1.29, 1.82) is 0 Å². The third-order valence-electron chi connectivity index (χ3n) is 3.86. The summed E-state index contributed by atoms with van der Waals surface area (Å²) < 4.78 is 0. The Morgan fingerprint density at radius 2 is 1.75 bits per heavy atom. The van der Waals surface area contributed by atoms with Gasteiger partial charge in [0.2, 0.25) is 0 Å². The average molecular weight is 335 g/mol. The van der Waals surface area contributed by atoms with Crippen LogP contribution in [0.4, 0.5) is 17.1 Å². The molecule has 24 heavy (non-hydrogen) atoms. The van der Waals surface area contributed by atoms with Gasteiger partial charge < -0.3 is 10.6 Å². The molecule has 0 radical (unpaired) electrons. The lowest BCUT2D eigenvalue weighted by Crippen LogP contribution is -2.10. The summed E-state index contributed by atoms with van der Waals surface area (Å²) >= 11 is 1.50. The minimum atomic E-state index is -0.101. The molecule has 0 atom stereocenters. The van der Waals surface area contributed by atoms with Crippen LogP contribution in [0.2, 0.25) is 0 Å². The van der Waals surface area contributed by atoms with Crippen molar-refractivity contribution in [3.05, 3.63) is 70.7 Å². The number of rotatable bonds is 5. The first-order chi connectivity index (χ1) is 11.8. The van der Waals surface area contributed by atoms with E-state index >= 15 is 0 Å². The summed E-state index contributed by atoms with van der Waals surface area (Å²) in [4.78, 5) is 17.4. The number of hydrogen-bond donors (Lipinski definition) is 2. The minimum absolute atomic E-state index is 0.101. The van der Waals surface area contributed by atoms with Crippen LogP contribution in [0.5, 0.6) is 0 Å². The van der Waals surface area contributed by atoms with E-state index in [4.69, 9.17) is 0 Å². The van der Waals surface area contributed by atoms with E-state index in [1.54, 1.807) is 6.20 Å². The molecule has 0 bridgehead atoms. The van der Waals surface area contributed by atoms with Crippen LogP contribution >= 0.6 is 11.3 Å². The van der Waals surface area contributed by atoms with Crippen LogP contribution in [0, 0.1) is 0 Å². The summed E-state index contributed by atoms with van der Waals surface area (Å²) in [6, 6.07) is 17.6. The van der Waals surface area contributed by atoms with Crippen LogP contribution < -0.4 is 10.6 Å². The molecule has 1 fully saturated rings. The maximum atomic E-state index is 12.4. The maximum Gasteiger partial charge on any atom is 0.267 e. The Labute approximate surface area is 144 Å². The number of anilines is 3. The Balaban J connectivity index is 1.45. The fourth-order valence-corrected chi connectivity index (χ4v) is 3.45. The van der Waals surface area contributed by atoms with Gasteiger partial charge in [-0.25, -0.2) is 4.98 Å². The molecular weight excluding hydrogens is 318 g/mol. The quantitative estimate of drug-likeness (QED) is 0.688. The number of para-hydroxylation sites is 1. The van der Waals surface area contributed by atoms with Crippen LogP contribution in [-0.4, -0.2) is 10.9 Å². The third kappa shape index (κ3) is 3.46. The number of benzene rings is 2. The molecule has 1 aliphatic carbocycles. The van der Waals surface area contributed by atoms with Crippen LogP contribution in [-0.2, 0) is 0 Å². The van der Waals surface area contributed by atoms with Crippen LogP contribution in [0.15, 0.2) is 60.8 Å². The summed E-state index contributed by atoms with van der Waals surface area (Å²) in [5.74, 6) is 0.478. The molecule has 1 aromatic heterocycles. The van der Waals surface area contributed by atoms with Crippen molar-refractivity contribution in [2.24, 2.45) is 0 Å². The second-order valence-corrected chi connectivity index (χ2v) is 6.93. The standard InChI is InChI=1S/C19H17N3OS/c23-18(17-12-20-19(24-17)13-9-10-13)22-16-8-4-7-15(11-16)21-14-5-2-1-3-6-14/h1-8,11-13,21H,9-10H2,(H,22,23). The topological polar surface area (TPSA) is 54.0 Å². The molecule has 0 aliphatic heterocycles. The Kier molecular flexibility index (Phi) is 4.01. The maximum absolute atomic E-state index is 12.4. The molecular formula is C19H17N3OS. The Hall–Kier alpha value is -2.66.